The molecule has 0 aliphatic carbocycles. The van der Waals surface area contributed by atoms with E-state index in [1.54, 1.807) is 42.5 Å². The molecule has 2 aromatic carbocycles. The molecule has 0 saturated carbocycles. The molecule has 1 aliphatic rings. The SMILES string of the molecule is N#Cc1ccccc1COC(=O)/C=C/c1cc(Cl)c2c(c1)OCCCO2. The molecule has 2 aromatic rings. The second-order valence-corrected chi connectivity index (χ2v) is 6.00. The fourth-order valence-electron chi connectivity index (χ4n) is 2.46. The van der Waals surface area contributed by atoms with E-state index >= 15 is 0 Å². The van der Waals surface area contributed by atoms with Crippen LogP contribution in [-0.2, 0) is 16.1 Å². The zero-order valence-corrected chi connectivity index (χ0v) is 14.7. The fourth-order valence-corrected chi connectivity index (χ4v) is 2.74. The quantitative estimate of drug-likeness (QED) is 0.598. The number of ether oxygens (including phenoxy) is 3. The van der Waals surface area contributed by atoms with Gasteiger partial charge in [-0.2, -0.15) is 5.26 Å². The van der Waals surface area contributed by atoms with Gasteiger partial charge in [-0.1, -0.05) is 29.8 Å². The van der Waals surface area contributed by atoms with Crippen molar-refractivity contribution >= 4 is 23.6 Å². The van der Waals surface area contributed by atoms with Crippen molar-refractivity contribution in [2.45, 2.75) is 13.0 Å². The van der Waals surface area contributed by atoms with Gasteiger partial charge in [0, 0.05) is 18.1 Å². The second-order valence-electron chi connectivity index (χ2n) is 5.59. The van der Waals surface area contributed by atoms with Gasteiger partial charge >= 0.3 is 5.97 Å². The Morgan fingerprint density at radius 1 is 1.27 bits per heavy atom. The third-order valence-electron chi connectivity index (χ3n) is 3.74. The average Bonchev–Trinajstić information content (AvgIpc) is 2.91. The number of carbonyl (C=O) groups is 1. The molecule has 0 saturated heterocycles. The molecular formula is C20H16ClNO4. The largest absolute Gasteiger partial charge is 0.489 e. The molecular weight excluding hydrogens is 354 g/mol. The molecule has 0 amide bonds. The Hall–Kier alpha value is -2.97. The minimum atomic E-state index is -0.513. The van der Waals surface area contributed by atoms with Crippen LogP contribution in [0.1, 0.15) is 23.1 Å². The summed E-state index contributed by atoms with van der Waals surface area (Å²) in [5.41, 5.74) is 1.85. The van der Waals surface area contributed by atoms with Gasteiger partial charge in [-0.15, -0.1) is 0 Å². The van der Waals surface area contributed by atoms with Crippen LogP contribution in [0.4, 0.5) is 0 Å². The van der Waals surface area contributed by atoms with Crippen LogP contribution in [0.25, 0.3) is 6.08 Å². The Bertz CT molecular complexity index is 886. The lowest BCUT2D eigenvalue weighted by molar-refractivity contribution is -0.138. The maximum absolute atomic E-state index is 11.9. The van der Waals surface area contributed by atoms with E-state index in [2.05, 4.69) is 6.07 Å². The summed E-state index contributed by atoms with van der Waals surface area (Å²) in [6, 6.07) is 12.5. The van der Waals surface area contributed by atoms with Gasteiger partial charge in [0.1, 0.15) is 6.61 Å². The van der Waals surface area contributed by atoms with Crippen LogP contribution >= 0.6 is 11.6 Å². The number of fused-ring (bicyclic) bond motifs is 1. The lowest BCUT2D eigenvalue weighted by atomic mass is 10.1. The summed E-state index contributed by atoms with van der Waals surface area (Å²) in [4.78, 5) is 11.9. The lowest BCUT2D eigenvalue weighted by Crippen LogP contribution is -2.02. The molecule has 0 atom stereocenters. The fraction of sp³-hybridized carbons (Fsp3) is 0.200. The van der Waals surface area contributed by atoms with Crippen LogP contribution in [0.3, 0.4) is 0 Å². The van der Waals surface area contributed by atoms with Gasteiger partial charge in [0.2, 0.25) is 0 Å². The minimum Gasteiger partial charge on any atom is -0.489 e. The minimum absolute atomic E-state index is 0.0365. The van der Waals surface area contributed by atoms with Gasteiger partial charge in [-0.05, 0) is 29.8 Å². The molecule has 6 heteroatoms. The number of hydrogen-bond donors (Lipinski definition) is 0. The van der Waals surface area contributed by atoms with E-state index in [0.717, 1.165) is 6.42 Å². The van der Waals surface area contributed by atoms with E-state index in [1.165, 1.54) is 6.08 Å². The molecule has 5 nitrogen and oxygen atoms in total. The first kappa shape index (κ1) is 17.8. The van der Waals surface area contributed by atoms with Crippen molar-refractivity contribution < 1.29 is 19.0 Å². The Morgan fingerprint density at radius 3 is 2.92 bits per heavy atom. The smallest absolute Gasteiger partial charge is 0.331 e. The highest BCUT2D eigenvalue weighted by Gasteiger charge is 2.15. The first-order chi connectivity index (χ1) is 12.7. The summed E-state index contributed by atoms with van der Waals surface area (Å²) in [5, 5.41) is 9.47. The van der Waals surface area contributed by atoms with Gasteiger partial charge in [-0.25, -0.2) is 4.79 Å². The maximum Gasteiger partial charge on any atom is 0.331 e. The number of nitriles is 1. The number of halogens is 1. The first-order valence-electron chi connectivity index (χ1n) is 8.09. The average molecular weight is 370 g/mol. The zero-order chi connectivity index (χ0) is 18.4. The van der Waals surface area contributed by atoms with Gasteiger partial charge in [0.15, 0.2) is 11.5 Å². The van der Waals surface area contributed by atoms with Crippen molar-refractivity contribution in [1.29, 1.82) is 5.26 Å². The highest BCUT2D eigenvalue weighted by atomic mass is 35.5. The number of carbonyl (C=O) groups excluding carboxylic acids is 1. The third-order valence-corrected chi connectivity index (χ3v) is 4.02. The Morgan fingerprint density at radius 2 is 2.08 bits per heavy atom. The molecule has 0 fully saturated rings. The molecule has 1 heterocycles. The number of benzene rings is 2. The summed E-state index contributed by atoms with van der Waals surface area (Å²) in [6.07, 6.45) is 3.69. The van der Waals surface area contributed by atoms with Crippen LogP contribution in [0, 0.1) is 11.3 Å². The Kier molecular flexibility index (Phi) is 5.77. The van der Waals surface area contributed by atoms with E-state index in [0.29, 0.717) is 46.4 Å². The van der Waals surface area contributed by atoms with Crippen molar-refractivity contribution in [2.24, 2.45) is 0 Å². The molecule has 0 N–H and O–H groups in total. The number of hydrogen-bond acceptors (Lipinski definition) is 5. The van der Waals surface area contributed by atoms with Crippen molar-refractivity contribution in [3.63, 3.8) is 0 Å². The van der Waals surface area contributed by atoms with E-state index in [4.69, 9.17) is 31.1 Å². The molecule has 0 bridgehead atoms. The highest BCUT2D eigenvalue weighted by Crippen LogP contribution is 2.38. The van der Waals surface area contributed by atoms with E-state index in [9.17, 15) is 4.79 Å². The predicted molar refractivity (Wildman–Crippen MR) is 97.0 cm³/mol. The van der Waals surface area contributed by atoms with Crippen molar-refractivity contribution in [2.75, 3.05) is 13.2 Å². The molecule has 1 aliphatic heterocycles. The van der Waals surface area contributed by atoms with E-state index < -0.39 is 5.97 Å². The molecule has 0 spiro atoms. The predicted octanol–water partition coefficient (Wildman–Crippen LogP) is 4.13. The van der Waals surface area contributed by atoms with Crippen LogP contribution < -0.4 is 9.47 Å². The van der Waals surface area contributed by atoms with Gasteiger partial charge in [-0.3, -0.25) is 0 Å². The van der Waals surface area contributed by atoms with Crippen LogP contribution in [-0.4, -0.2) is 19.2 Å². The zero-order valence-electron chi connectivity index (χ0n) is 13.9. The van der Waals surface area contributed by atoms with Gasteiger partial charge in [0.05, 0.1) is 29.9 Å². The summed E-state index contributed by atoms with van der Waals surface area (Å²) >= 11 is 6.22. The number of nitrogens with zero attached hydrogens (tertiary/aromatic N) is 1. The number of esters is 1. The Labute approximate surface area is 156 Å². The summed E-state index contributed by atoms with van der Waals surface area (Å²) < 4.78 is 16.4. The second kappa shape index (κ2) is 8.41. The molecule has 26 heavy (non-hydrogen) atoms. The molecule has 0 aromatic heterocycles. The monoisotopic (exact) mass is 369 g/mol. The van der Waals surface area contributed by atoms with Crippen LogP contribution in [0.2, 0.25) is 5.02 Å². The summed E-state index contributed by atoms with van der Waals surface area (Å²) in [5.74, 6) is 0.573. The van der Waals surface area contributed by atoms with Gasteiger partial charge < -0.3 is 14.2 Å². The first-order valence-corrected chi connectivity index (χ1v) is 8.47. The van der Waals surface area contributed by atoms with Crippen molar-refractivity contribution in [3.8, 4) is 17.6 Å². The highest BCUT2D eigenvalue weighted by molar-refractivity contribution is 6.32. The Balaban J connectivity index is 1.66. The molecule has 0 unspecified atom stereocenters. The summed E-state index contributed by atoms with van der Waals surface area (Å²) in [6.45, 7) is 1.14. The number of rotatable bonds is 4. The van der Waals surface area contributed by atoms with E-state index in [-0.39, 0.29) is 6.61 Å². The standard InChI is InChI=1S/C20H16ClNO4/c21-17-10-14(11-18-20(17)25-9-3-8-24-18)6-7-19(23)26-13-16-5-2-1-4-15(16)12-22/h1-2,4-7,10-11H,3,8-9,13H2/b7-6+. The van der Waals surface area contributed by atoms with Crippen molar-refractivity contribution in [1.82, 2.24) is 0 Å². The maximum atomic E-state index is 11.9. The molecule has 132 valence electrons. The van der Waals surface area contributed by atoms with Crippen LogP contribution in [0.5, 0.6) is 11.5 Å². The van der Waals surface area contributed by atoms with E-state index in [1.807, 2.05) is 0 Å². The normalized spacial score (nSPS) is 13.1. The van der Waals surface area contributed by atoms with Crippen molar-refractivity contribution in [3.05, 3.63) is 64.2 Å². The molecule has 3 rings (SSSR count). The van der Waals surface area contributed by atoms with Crippen LogP contribution in [0.15, 0.2) is 42.5 Å². The molecule has 0 radical (unpaired) electrons. The summed E-state index contributed by atoms with van der Waals surface area (Å²) in [7, 11) is 0. The van der Waals surface area contributed by atoms with Gasteiger partial charge in [0.25, 0.3) is 0 Å². The topological polar surface area (TPSA) is 68.5 Å². The lowest BCUT2D eigenvalue weighted by Gasteiger charge is -2.10. The third kappa shape index (κ3) is 4.35.